The second-order valence-corrected chi connectivity index (χ2v) is 9.05. The van der Waals surface area contributed by atoms with E-state index >= 15 is 0 Å². The van der Waals surface area contributed by atoms with Crippen LogP contribution in [0, 0.1) is 27.7 Å². The van der Waals surface area contributed by atoms with E-state index in [4.69, 9.17) is 0 Å². The fraction of sp³-hybridized carbons (Fsp3) is 0.143. The van der Waals surface area contributed by atoms with Crippen molar-refractivity contribution < 1.29 is 0 Å². The van der Waals surface area contributed by atoms with Crippen LogP contribution in [0.5, 0.6) is 0 Å². The van der Waals surface area contributed by atoms with Crippen LogP contribution in [-0.4, -0.2) is 0 Å². The van der Waals surface area contributed by atoms with E-state index in [0.717, 1.165) is 0 Å². The van der Waals surface area contributed by atoms with E-state index in [1.54, 1.807) is 0 Å². The zero-order valence-electron chi connectivity index (χ0n) is 17.5. The second kappa shape index (κ2) is 8.31. The average molecular weight is 395 g/mol. The van der Waals surface area contributed by atoms with Gasteiger partial charge in [-0.1, -0.05) is 94.7 Å². The average Bonchev–Trinajstić information content (AvgIpc) is 2.68. The highest BCUT2D eigenvalue weighted by Crippen LogP contribution is 2.32. The molecule has 4 aromatic rings. The van der Waals surface area contributed by atoms with Gasteiger partial charge in [0.25, 0.3) is 0 Å². The molecule has 0 aliphatic carbocycles. The summed E-state index contributed by atoms with van der Waals surface area (Å²) < 4.78 is 0. The first-order valence-corrected chi connectivity index (χ1v) is 10.8. The highest BCUT2D eigenvalue weighted by Gasteiger charge is 2.04. The Kier molecular flexibility index (Phi) is 5.60. The molecule has 29 heavy (non-hydrogen) atoms. The van der Waals surface area contributed by atoms with Gasteiger partial charge < -0.3 is 0 Å². The van der Waals surface area contributed by atoms with Crippen LogP contribution < -0.4 is 0 Å². The fourth-order valence-electron chi connectivity index (χ4n) is 3.85. The topological polar surface area (TPSA) is 0 Å². The Balaban J connectivity index is 1.50. The molecule has 0 aliphatic rings. The molecular formula is C28H26S. The van der Waals surface area contributed by atoms with Crippen LogP contribution >= 0.6 is 11.8 Å². The maximum atomic E-state index is 2.25. The van der Waals surface area contributed by atoms with Gasteiger partial charge in [-0.25, -0.2) is 0 Å². The SMILES string of the molecule is Cc1cc(C)cc(-c2ccc(Sc3ccc(-c4cc(C)cc(C)c4)cc3)cc2)c1. The molecule has 0 N–H and O–H groups in total. The summed E-state index contributed by atoms with van der Waals surface area (Å²) in [6.07, 6.45) is 0. The standard InChI is InChI=1S/C28H26S/c1-19-13-20(2)16-25(15-19)23-5-9-27(10-6-23)29-28-11-7-24(8-12-28)26-17-21(3)14-22(4)18-26/h5-18H,1-4H3. The first-order valence-electron chi connectivity index (χ1n) is 10.0. The number of benzene rings is 4. The molecule has 4 aromatic carbocycles. The third-order valence-electron chi connectivity index (χ3n) is 5.05. The van der Waals surface area contributed by atoms with E-state index in [-0.39, 0.29) is 0 Å². The van der Waals surface area contributed by atoms with Crippen molar-refractivity contribution in [2.45, 2.75) is 37.5 Å². The maximum absolute atomic E-state index is 2.25. The Morgan fingerprint density at radius 3 is 1.00 bits per heavy atom. The predicted molar refractivity (Wildman–Crippen MR) is 127 cm³/mol. The van der Waals surface area contributed by atoms with Crippen molar-refractivity contribution in [3.8, 4) is 22.3 Å². The summed E-state index contributed by atoms with van der Waals surface area (Å²) in [6.45, 7) is 8.62. The van der Waals surface area contributed by atoms with Crippen LogP contribution in [0.3, 0.4) is 0 Å². The molecular weight excluding hydrogens is 368 g/mol. The molecule has 0 unspecified atom stereocenters. The van der Waals surface area contributed by atoms with Crippen molar-refractivity contribution in [2.75, 3.05) is 0 Å². The third-order valence-corrected chi connectivity index (χ3v) is 6.07. The summed E-state index contributed by atoms with van der Waals surface area (Å²) in [5.41, 5.74) is 10.3. The minimum atomic E-state index is 1.26. The van der Waals surface area contributed by atoms with Gasteiger partial charge >= 0.3 is 0 Å². The highest BCUT2D eigenvalue weighted by atomic mass is 32.2. The van der Waals surface area contributed by atoms with Gasteiger partial charge in [-0.3, -0.25) is 0 Å². The van der Waals surface area contributed by atoms with Crippen LogP contribution in [0.4, 0.5) is 0 Å². The maximum Gasteiger partial charge on any atom is 0.0122 e. The Hall–Kier alpha value is -2.77. The normalized spacial score (nSPS) is 10.9. The van der Waals surface area contributed by atoms with Gasteiger partial charge in [-0.15, -0.1) is 0 Å². The molecule has 0 saturated heterocycles. The van der Waals surface area contributed by atoms with E-state index in [1.165, 1.54) is 54.3 Å². The van der Waals surface area contributed by atoms with Gasteiger partial charge in [0.1, 0.15) is 0 Å². The van der Waals surface area contributed by atoms with Crippen LogP contribution in [0.2, 0.25) is 0 Å². The Bertz CT molecular complexity index is 1000. The van der Waals surface area contributed by atoms with E-state index in [0.29, 0.717) is 0 Å². The van der Waals surface area contributed by atoms with Crippen molar-refractivity contribution in [3.63, 3.8) is 0 Å². The zero-order valence-corrected chi connectivity index (χ0v) is 18.3. The van der Waals surface area contributed by atoms with Crippen molar-refractivity contribution >= 4 is 11.8 Å². The minimum Gasteiger partial charge on any atom is -0.0901 e. The van der Waals surface area contributed by atoms with Crippen LogP contribution in [0.15, 0.2) is 94.7 Å². The van der Waals surface area contributed by atoms with Crippen molar-refractivity contribution in [1.82, 2.24) is 0 Å². The van der Waals surface area contributed by atoms with E-state index < -0.39 is 0 Å². The molecule has 4 rings (SSSR count). The van der Waals surface area contributed by atoms with Gasteiger partial charge in [0.2, 0.25) is 0 Å². The van der Waals surface area contributed by atoms with Gasteiger partial charge in [0, 0.05) is 9.79 Å². The smallest absolute Gasteiger partial charge is 0.0122 e. The molecule has 0 aliphatic heterocycles. The highest BCUT2D eigenvalue weighted by molar-refractivity contribution is 7.99. The van der Waals surface area contributed by atoms with Crippen LogP contribution in [0.25, 0.3) is 22.3 Å². The molecule has 144 valence electrons. The largest absolute Gasteiger partial charge is 0.0901 e. The molecule has 0 amide bonds. The molecule has 1 heteroatoms. The van der Waals surface area contributed by atoms with Crippen LogP contribution in [0.1, 0.15) is 22.3 Å². The number of aryl methyl sites for hydroxylation is 4. The molecule has 0 radical (unpaired) electrons. The zero-order chi connectivity index (χ0) is 20.4. The number of hydrogen-bond donors (Lipinski definition) is 0. The summed E-state index contributed by atoms with van der Waals surface area (Å²) in [5.74, 6) is 0. The van der Waals surface area contributed by atoms with Crippen molar-refractivity contribution in [2.24, 2.45) is 0 Å². The second-order valence-electron chi connectivity index (χ2n) is 7.90. The van der Waals surface area contributed by atoms with Crippen molar-refractivity contribution in [1.29, 1.82) is 0 Å². The lowest BCUT2D eigenvalue weighted by Crippen LogP contribution is -1.84. The summed E-state index contributed by atoms with van der Waals surface area (Å²) in [4.78, 5) is 2.52. The lowest BCUT2D eigenvalue weighted by molar-refractivity contribution is 1.36. The number of hydrogen-bond acceptors (Lipinski definition) is 1. The summed E-state index contributed by atoms with van der Waals surface area (Å²) in [6, 6.07) is 31.2. The van der Waals surface area contributed by atoms with E-state index in [9.17, 15) is 0 Å². The Morgan fingerprint density at radius 2 is 0.690 bits per heavy atom. The fourth-order valence-corrected chi connectivity index (χ4v) is 4.67. The van der Waals surface area contributed by atoms with Crippen molar-refractivity contribution in [3.05, 3.63) is 107 Å². The molecule has 0 nitrogen and oxygen atoms in total. The van der Waals surface area contributed by atoms with Crippen LogP contribution in [-0.2, 0) is 0 Å². The first-order chi connectivity index (χ1) is 14.0. The van der Waals surface area contributed by atoms with E-state index in [2.05, 4.69) is 113 Å². The molecule has 0 heterocycles. The van der Waals surface area contributed by atoms with Gasteiger partial charge in [-0.2, -0.15) is 0 Å². The quantitative estimate of drug-likeness (QED) is 0.335. The lowest BCUT2D eigenvalue weighted by Gasteiger charge is -2.08. The molecule has 0 bridgehead atoms. The summed E-state index contributed by atoms with van der Waals surface area (Å²) in [5, 5.41) is 0. The summed E-state index contributed by atoms with van der Waals surface area (Å²) in [7, 11) is 0. The predicted octanol–water partition coefficient (Wildman–Crippen LogP) is 8.41. The number of rotatable bonds is 4. The summed E-state index contributed by atoms with van der Waals surface area (Å²) >= 11 is 1.81. The van der Waals surface area contributed by atoms with Gasteiger partial charge in [0.05, 0.1) is 0 Å². The Morgan fingerprint density at radius 1 is 0.379 bits per heavy atom. The molecule has 0 spiro atoms. The van der Waals surface area contributed by atoms with Gasteiger partial charge in [-0.05, 0) is 74.2 Å². The molecule has 0 atom stereocenters. The first kappa shape index (κ1) is 19.5. The Labute approximate surface area is 178 Å². The van der Waals surface area contributed by atoms with Gasteiger partial charge in [0.15, 0.2) is 0 Å². The van der Waals surface area contributed by atoms with E-state index in [1.807, 2.05) is 11.8 Å². The molecule has 0 fully saturated rings. The minimum absolute atomic E-state index is 1.26. The lowest BCUT2D eigenvalue weighted by atomic mass is 10.0. The molecule has 0 saturated carbocycles. The third kappa shape index (κ3) is 4.81. The monoisotopic (exact) mass is 394 g/mol. The molecule has 0 aromatic heterocycles.